The predicted octanol–water partition coefficient (Wildman–Crippen LogP) is 4.54. The van der Waals surface area contributed by atoms with Crippen molar-refractivity contribution in [2.24, 2.45) is 0 Å². The Morgan fingerprint density at radius 1 is 0.909 bits per heavy atom. The van der Waals surface area contributed by atoms with Crippen LogP contribution >= 0.6 is 12.2 Å². The second-order valence-electron chi connectivity index (χ2n) is 8.30. The molecule has 1 fully saturated rings. The third-order valence-corrected chi connectivity index (χ3v) is 6.34. The minimum absolute atomic E-state index is 0.382. The largest absolute Gasteiger partial charge is 0.486 e. The van der Waals surface area contributed by atoms with Gasteiger partial charge in [-0.3, -0.25) is 4.90 Å². The van der Waals surface area contributed by atoms with Crippen LogP contribution in [0.1, 0.15) is 6.42 Å². The van der Waals surface area contributed by atoms with Gasteiger partial charge < -0.3 is 24.4 Å². The van der Waals surface area contributed by atoms with E-state index < -0.39 is 0 Å². The average molecular weight is 464 g/mol. The minimum atomic E-state index is 0.382. The van der Waals surface area contributed by atoms with E-state index in [1.54, 1.807) is 0 Å². The zero-order valence-corrected chi connectivity index (χ0v) is 19.5. The summed E-state index contributed by atoms with van der Waals surface area (Å²) in [5.74, 6) is 1.50. The molecule has 0 bridgehead atoms. The van der Waals surface area contributed by atoms with E-state index in [9.17, 15) is 0 Å². The Hall–Kier alpha value is -3.03. The normalized spacial score (nSPS) is 15.9. The molecule has 1 saturated heterocycles. The molecule has 172 valence electrons. The first-order valence-electron chi connectivity index (χ1n) is 11.5. The average Bonchev–Trinajstić information content (AvgIpc) is 2.87. The lowest BCUT2D eigenvalue weighted by Crippen LogP contribution is -2.46. The Balaban J connectivity index is 1.03. The van der Waals surface area contributed by atoms with Gasteiger partial charge in [0.2, 0.25) is 0 Å². The highest BCUT2D eigenvalue weighted by Gasteiger charge is 2.18. The van der Waals surface area contributed by atoms with E-state index in [1.807, 2.05) is 18.2 Å². The third-order valence-electron chi connectivity index (χ3n) is 6.12. The Labute approximate surface area is 200 Å². The fourth-order valence-corrected chi connectivity index (χ4v) is 4.63. The molecular formula is C26H29N3O3S. The topological polar surface area (TPSA) is 46.2 Å². The van der Waals surface area contributed by atoms with Gasteiger partial charge in [0.15, 0.2) is 11.5 Å². The number of ether oxygens (including phenoxy) is 3. The number of piperazine rings is 1. The number of thiocarbonyl (C=S) groups is 1. The molecule has 0 spiro atoms. The first kappa shape index (κ1) is 21.8. The van der Waals surface area contributed by atoms with Gasteiger partial charge in [0.05, 0.1) is 6.61 Å². The Kier molecular flexibility index (Phi) is 6.79. The molecule has 6 nitrogen and oxygen atoms in total. The number of anilines is 2. The number of nitrogens with one attached hydrogen (secondary N) is 1. The molecule has 2 heterocycles. The van der Waals surface area contributed by atoms with Crippen LogP contribution in [0, 0.1) is 0 Å². The number of hydrogen-bond acceptors (Lipinski definition) is 6. The molecule has 0 saturated carbocycles. The van der Waals surface area contributed by atoms with Crippen LogP contribution < -0.4 is 19.7 Å². The summed E-state index contributed by atoms with van der Waals surface area (Å²) in [6.07, 6.45) is 0.942. The summed E-state index contributed by atoms with van der Waals surface area (Å²) in [6.45, 7) is 6.95. The molecule has 0 aliphatic carbocycles. The molecule has 1 N–H and O–H groups in total. The van der Waals surface area contributed by atoms with Gasteiger partial charge in [-0.1, -0.05) is 36.4 Å². The summed E-state index contributed by atoms with van der Waals surface area (Å²) in [4.78, 5) is 5.00. The predicted molar refractivity (Wildman–Crippen MR) is 137 cm³/mol. The van der Waals surface area contributed by atoms with E-state index in [1.165, 1.54) is 16.5 Å². The summed E-state index contributed by atoms with van der Waals surface area (Å²) < 4.78 is 16.9. The molecule has 0 aromatic heterocycles. The van der Waals surface area contributed by atoms with Crippen molar-refractivity contribution in [3.8, 4) is 11.5 Å². The lowest BCUT2D eigenvalue weighted by Gasteiger charge is -2.36. The number of hydrogen-bond donors (Lipinski definition) is 1. The summed E-state index contributed by atoms with van der Waals surface area (Å²) in [5, 5.41) is 6.14. The SMILES string of the molecule is S=C(Nc1ccc2c(c1)OCCO2)OCCCN1CCN(c2cccc3ccccc23)CC1. The van der Waals surface area contributed by atoms with Gasteiger partial charge in [-0.15, -0.1) is 0 Å². The quantitative estimate of drug-likeness (QED) is 0.425. The smallest absolute Gasteiger partial charge is 0.261 e. The van der Waals surface area contributed by atoms with Crippen LogP contribution in [0.3, 0.4) is 0 Å². The Morgan fingerprint density at radius 3 is 2.58 bits per heavy atom. The van der Waals surface area contributed by atoms with E-state index in [4.69, 9.17) is 26.4 Å². The molecule has 0 amide bonds. The highest BCUT2D eigenvalue weighted by atomic mass is 32.1. The first-order valence-corrected chi connectivity index (χ1v) is 12.0. The maximum Gasteiger partial charge on any atom is 0.261 e. The number of fused-ring (bicyclic) bond motifs is 2. The lowest BCUT2D eigenvalue weighted by atomic mass is 10.1. The van der Waals surface area contributed by atoms with Gasteiger partial charge in [-0.25, -0.2) is 0 Å². The zero-order valence-electron chi connectivity index (χ0n) is 18.7. The van der Waals surface area contributed by atoms with Crippen molar-refractivity contribution in [2.75, 3.05) is 62.8 Å². The Bertz CT molecular complexity index is 1110. The fraction of sp³-hybridized carbons (Fsp3) is 0.346. The molecule has 0 atom stereocenters. The van der Waals surface area contributed by atoms with Crippen molar-refractivity contribution >= 4 is 39.5 Å². The van der Waals surface area contributed by atoms with E-state index in [2.05, 4.69) is 57.6 Å². The van der Waals surface area contributed by atoms with Gasteiger partial charge in [0.1, 0.15) is 13.2 Å². The van der Waals surface area contributed by atoms with Crippen molar-refractivity contribution in [2.45, 2.75) is 6.42 Å². The van der Waals surface area contributed by atoms with Crippen LogP contribution in [0.15, 0.2) is 60.7 Å². The van der Waals surface area contributed by atoms with Crippen molar-refractivity contribution in [3.63, 3.8) is 0 Å². The molecule has 7 heteroatoms. The van der Waals surface area contributed by atoms with Crippen molar-refractivity contribution in [3.05, 3.63) is 60.7 Å². The van der Waals surface area contributed by atoms with Gasteiger partial charge in [0.25, 0.3) is 5.17 Å². The second-order valence-corrected chi connectivity index (χ2v) is 8.67. The molecule has 2 aliphatic heterocycles. The number of rotatable bonds is 6. The number of nitrogens with zero attached hydrogens (tertiary/aromatic N) is 2. The van der Waals surface area contributed by atoms with Crippen LogP contribution in [-0.4, -0.2) is 62.6 Å². The van der Waals surface area contributed by atoms with Crippen molar-refractivity contribution in [1.82, 2.24) is 4.90 Å². The van der Waals surface area contributed by atoms with Crippen LogP contribution in [0.5, 0.6) is 11.5 Å². The van der Waals surface area contributed by atoms with Crippen molar-refractivity contribution in [1.29, 1.82) is 0 Å². The van der Waals surface area contributed by atoms with Gasteiger partial charge in [-0.2, -0.15) is 0 Å². The van der Waals surface area contributed by atoms with Crippen LogP contribution in [0.4, 0.5) is 11.4 Å². The first-order chi connectivity index (χ1) is 16.3. The molecule has 2 aliphatic rings. The van der Waals surface area contributed by atoms with Gasteiger partial charge >= 0.3 is 0 Å². The van der Waals surface area contributed by atoms with E-state index in [0.29, 0.717) is 25.0 Å². The maximum absolute atomic E-state index is 5.73. The molecule has 33 heavy (non-hydrogen) atoms. The highest BCUT2D eigenvalue weighted by Crippen LogP contribution is 2.32. The molecule has 0 radical (unpaired) electrons. The van der Waals surface area contributed by atoms with E-state index in [0.717, 1.165) is 56.3 Å². The summed E-state index contributed by atoms with van der Waals surface area (Å²) in [5.41, 5.74) is 2.18. The summed E-state index contributed by atoms with van der Waals surface area (Å²) in [6, 6.07) is 20.9. The molecule has 3 aromatic carbocycles. The second kappa shape index (κ2) is 10.3. The van der Waals surface area contributed by atoms with Gasteiger partial charge in [0, 0.05) is 55.6 Å². The third kappa shape index (κ3) is 5.31. The van der Waals surface area contributed by atoms with Gasteiger partial charge in [-0.05, 0) is 42.2 Å². The lowest BCUT2D eigenvalue weighted by molar-refractivity contribution is 0.171. The van der Waals surface area contributed by atoms with E-state index >= 15 is 0 Å². The Morgan fingerprint density at radius 2 is 1.70 bits per heavy atom. The molecule has 0 unspecified atom stereocenters. The molecule has 3 aromatic rings. The van der Waals surface area contributed by atoms with Crippen LogP contribution in [0.2, 0.25) is 0 Å². The molecule has 5 rings (SSSR count). The van der Waals surface area contributed by atoms with Crippen LogP contribution in [0.25, 0.3) is 10.8 Å². The standard InChI is InChI=1S/C26H29N3O3S/c33-26(27-21-9-10-24-25(19-21)31-18-17-30-24)32-16-4-11-28-12-14-29(15-13-28)23-8-3-6-20-5-1-2-7-22(20)23/h1-3,5-10,19H,4,11-18H2,(H,27,33). The summed E-state index contributed by atoms with van der Waals surface area (Å²) >= 11 is 5.34. The number of benzene rings is 3. The fourth-order valence-electron chi connectivity index (χ4n) is 4.42. The minimum Gasteiger partial charge on any atom is -0.486 e. The maximum atomic E-state index is 5.73. The monoisotopic (exact) mass is 463 g/mol. The molecular weight excluding hydrogens is 434 g/mol. The summed E-state index contributed by atoms with van der Waals surface area (Å²) in [7, 11) is 0. The zero-order chi connectivity index (χ0) is 22.5. The highest BCUT2D eigenvalue weighted by molar-refractivity contribution is 7.80. The van der Waals surface area contributed by atoms with Crippen LogP contribution in [-0.2, 0) is 4.74 Å². The van der Waals surface area contributed by atoms with Crippen molar-refractivity contribution < 1.29 is 14.2 Å². The van der Waals surface area contributed by atoms with E-state index in [-0.39, 0.29) is 0 Å².